The van der Waals surface area contributed by atoms with Crippen LogP contribution >= 0.6 is 0 Å². The second-order valence-electron chi connectivity index (χ2n) is 5.00. The van der Waals surface area contributed by atoms with E-state index in [0.717, 1.165) is 11.4 Å². The molecule has 0 saturated heterocycles. The van der Waals surface area contributed by atoms with Gasteiger partial charge in [-0.25, -0.2) is 0 Å². The van der Waals surface area contributed by atoms with Crippen molar-refractivity contribution in [2.45, 2.75) is 6.92 Å². The first-order valence-electron chi connectivity index (χ1n) is 7.44. The first-order chi connectivity index (χ1) is 11.1. The molecule has 0 heterocycles. The first kappa shape index (κ1) is 16.5. The lowest BCUT2D eigenvalue weighted by molar-refractivity contribution is -0.119. The summed E-state index contributed by atoms with van der Waals surface area (Å²) >= 11 is 0. The van der Waals surface area contributed by atoms with E-state index in [2.05, 4.69) is 10.6 Å². The molecule has 5 heteroatoms. The highest BCUT2D eigenvalue weighted by molar-refractivity contribution is 5.94. The van der Waals surface area contributed by atoms with E-state index in [1.165, 1.54) is 6.92 Å². The van der Waals surface area contributed by atoms with Crippen molar-refractivity contribution in [3.63, 3.8) is 0 Å². The molecule has 0 atom stereocenters. The van der Waals surface area contributed by atoms with E-state index in [-0.39, 0.29) is 18.2 Å². The third kappa shape index (κ3) is 5.82. The molecule has 0 aliphatic heterocycles. The van der Waals surface area contributed by atoms with Gasteiger partial charge in [0.2, 0.25) is 5.91 Å². The highest BCUT2D eigenvalue weighted by Gasteiger charge is 2.02. The van der Waals surface area contributed by atoms with Gasteiger partial charge in [0.05, 0.1) is 13.1 Å². The fraction of sp³-hybridized carbons (Fsp3) is 0.222. The van der Waals surface area contributed by atoms with E-state index < -0.39 is 0 Å². The SMILES string of the molecule is CC(=O)c1ccc(NCC(=O)NCCOc2ccccc2)cc1. The van der Waals surface area contributed by atoms with Crippen molar-refractivity contribution in [2.75, 3.05) is 25.0 Å². The van der Waals surface area contributed by atoms with Gasteiger partial charge in [-0.15, -0.1) is 0 Å². The Morgan fingerprint density at radius 3 is 2.35 bits per heavy atom. The zero-order chi connectivity index (χ0) is 16.5. The van der Waals surface area contributed by atoms with Crippen LogP contribution in [0.1, 0.15) is 17.3 Å². The zero-order valence-electron chi connectivity index (χ0n) is 13.0. The molecule has 0 bridgehead atoms. The Morgan fingerprint density at radius 1 is 1.00 bits per heavy atom. The van der Waals surface area contributed by atoms with Crippen LogP contribution in [0.5, 0.6) is 5.75 Å². The molecule has 23 heavy (non-hydrogen) atoms. The summed E-state index contributed by atoms with van der Waals surface area (Å²) < 4.78 is 5.49. The maximum atomic E-state index is 11.7. The molecule has 1 amide bonds. The molecule has 2 rings (SSSR count). The van der Waals surface area contributed by atoms with Crippen molar-refractivity contribution >= 4 is 17.4 Å². The number of ether oxygens (including phenoxy) is 1. The van der Waals surface area contributed by atoms with Gasteiger partial charge in [-0.05, 0) is 43.3 Å². The number of anilines is 1. The maximum Gasteiger partial charge on any atom is 0.239 e. The summed E-state index contributed by atoms with van der Waals surface area (Å²) in [4.78, 5) is 22.9. The number of carbonyl (C=O) groups is 2. The topological polar surface area (TPSA) is 67.4 Å². The predicted octanol–water partition coefficient (Wildman–Crippen LogP) is 2.50. The molecule has 0 aromatic heterocycles. The second kappa shape index (κ2) is 8.58. The summed E-state index contributed by atoms with van der Waals surface area (Å²) in [6, 6.07) is 16.5. The predicted molar refractivity (Wildman–Crippen MR) is 89.9 cm³/mol. The number of carbonyl (C=O) groups excluding carboxylic acids is 2. The van der Waals surface area contributed by atoms with Gasteiger partial charge in [0.1, 0.15) is 12.4 Å². The van der Waals surface area contributed by atoms with Crippen molar-refractivity contribution in [1.82, 2.24) is 5.32 Å². The Morgan fingerprint density at radius 2 is 1.70 bits per heavy atom. The van der Waals surface area contributed by atoms with E-state index in [1.54, 1.807) is 24.3 Å². The van der Waals surface area contributed by atoms with Crippen LogP contribution in [-0.4, -0.2) is 31.4 Å². The Kier molecular flexibility index (Phi) is 6.17. The molecular weight excluding hydrogens is 292 g/mol. The van der Waals surface area contributed by atoms with Crippen LogP contribution in [0.15, 0.2) is 54.6 Å². The minimum atomic E-state index is -0.114. The molecule has 2 aromatic rings. The van der Waals surface area contributed by atoms with Crippen molar-refractivity contribution in [1.29, 1.82) is 0 Å². The van der Waals surface area contributed by atoms with E-state index in [4.69, 9.17) is 4.74 Å². The highest BCUT2D eigenvalue weighted by atomic mass is 16.5. The Labute approximate surface area is 135 Å². The lowest BCUT2D eigenvalue weighted by atomic mass is 10.1. The highest BCUT2D eigenvalue weighted by Crippen LogP contribution is 2.09. The molecule has 2 N–H and O–H groups in total. The number of nitrogens with one attached hydrogen (secondary N) is 2. The first-order valence-corrected chi connectivity index (χ1v) is 7.44. The number of hydrogen-bond acceptors (Lipinski definition) is 4. The van der Waals surface area contributed by atoms with Crippen molar-refractivity contribution in [3.05, 3.63) is 60.2 Å². The van der Waals surface area contributed by atoms with Crippen LogP contribution in [0.4, 0.5) is 5.69 Å². The number of ketones is 1. The van der Waals surface area contributed by atoms with Crippen LogP contribution in [-0.2, 0) is 4.79 Å². The minimum Gasteiger partial charge on any atom is -0.492 e. The van der Waals surface area contributed by atoms with Crippen LogP contribution in [0.3, 0.4) is 0 Å². The molecule has 2 aromatic carbocycles. The van der Waals surface area contributed by atoms with Gasteiger partial charge >= 0.3 is 0 Å². The number of para-hydroxylation sites is 1. The third-order valence-electron chi connectivity index (χ3n) is 3.18. The number of Topliss-reactive ketones (excluding diaryl/α,β-unsaturated/α-hetero) is 1. The molecule has 0 unspecified atom stereocenters. The fourth-order valence-electron chi connectivity index (χ4n) is 1.94. The number of rotatable bonds is 8. The summed E-state index contributed by atoms with van der Waals surface area (Å²) in [5, 5.41) is 5.78. The largest absolute Gasteiger partial charge is 0.492 e. The lowest BCUT2D eigenvalue weighted by Gasteiger charge is -2.09. The maximum absolute atomic E-state index is 11.7. The van der Waals surface area contributed by atoms with Crippen LogP contribution in [0.2, 0.25) is 0 Å². The van der Waals surface area contributed by atoms with Crippen molar-refractivity contribution in [3.8, 4) is 5.75 Å². The normalized spacial score (nSPS) is 9.96. The average Bonchev–Trinajstić information content (AvgIpc) is 2.58. The van der Waals surface area contributed by atoms with E-state index >= 15 is 0 Å². The quantitative estimate of drug-likeness (QED) is 0.580. The van der Waals surface area contributed by atoms with Gasteiger partial charge in [0.15, 0.2) is 5.78 Å². The molecule has 120 valence electrons. The van der Waals surface area contributed by atoms with Gasteiger partial charge < -0.3 is 15.4 Å². The van der Waals surface area contributed by atoms with Crippen LogP contribution < -0.4 is 15.4 Å². The van der Waals surface area contributed by atoms with Gasteiger partial charge in [-0.1, -0.05) is 18.2 Å². The van der Waals surface area contributed by atoms with Gasteiger partial charge in [-0.3, -0.25) is 9.59 Å². The van der Waals surface area contributed by atoms with E-state index in [0.29, 0.717) is 18.7 Å². The van der Waals surface area contributed by atoms with Gasteiger partial charge in [-0.2, -0.15) is 0 Å². The van der Waals surface area contributed by atoms with Gasteiger partial charge in [0.25, 0.3) is 0 Å². The summed E-state index contributed by atoms with van der Waals surface area (Å²) in [7, 11) is 0. The summed E-state index contributed by atoms with van der Waals surface area (Å²) in [5.74, 6) is 0.690. The van der Waals surface area contributed by atoms with E-state index in [9.17, 15) is 9.59 Å². The molecule has 0 fully saturated rings. The number of hydrogen-bond donors (Lipinski definition) is 2. The minimum absolute atomic E-state index is 0.0210. The number of benzene rings is 2. The standard InChI is InChI=1S/C18H20N2O3/c1-14(21)15-7-9-16(10-8-15)20-13-18(22)19-11-12-23-17-5-3-2-4-6-17/h2-10,20H,11-13H2,1H3,(H,19,22). The molecule has 0 aliphatic rings. The lowest BCUT2D eigenvalue weighted by Crippen LogP contribution is -2.33. The molecule has 0 spiro atoms. The number of amides is 1. The molecule has 0 radical (unpaired) electrons. The summed E-state index contributed by atoms with van der Waals surface area (Å²) in [6.07, 6.45) is 0. The third-order valence-corrected chi connectivity index (χ3v) is 3.18. The van der Waals surface area contributed by atoms with Crippen LogP contribution in [0, 0.1) is 0 Å². The second-order valence-corrected chi connectivity index (χ2v) is 5.00. The molecule has 5 nitrogen and oxygen atoms in total. The average molecular weight is 312 g/mol. The Hall–Kier alpha value is -2.82. The molecule has 0 saturated carbocycles. The van der Waals surface area contributed by atoms with Gasteiger partial charge in [0, 0.05) is 11.3 Å². The van der Waals surface area contributed by atoms with Crippen molar-refractivity contribution in [2.24, 2.45) is 0 Å². The fourth-order valence-corrected chi connectivity index (χ4v) is 1.94. The van der Waals surface area contributed by atoms with Crippen LogP contribution in [0.25, 0.3) is 0 Å². The molecule has 0 aliphatic carbocycles. The summed E-state index contributed by atoms with van der Waals surface area (Å²) in [6.45, 7) is 2.56. The Balaban J connectivity index is 1.64. The van der Waals surface area contributed by atoms with E-state index in [1.807, 2.05) is 30.3 Å². The molecular formula is C18H20N2O3. The zero-order valence-corrected chi connectivity index (χ0v) is 13.0. The Bertz CT molecular complexity index is 639. The smallest absolute Gasteiger partial charge is 0.239 e. The summed E-state index contributed by atoms with van der Waals surface area (Å²) in [5.41, 5.74) is 1.45. The van der Waals surface area contributed by atoms with Crippen molar-refractivity contribution < 1.29 is 14.3 Å². The monoisotopic (exact) mass is 312 g/mol.